The molecule has 0 N–H and O–H groups in total. The maximum absolute atomic E-state index is 6.00. The predicted octanol–water partition coefficient (Wildman–Crippen LogP) is 10.7. The molecule has 0 saturated carbocycles. The average molecular weight is 594 g/mol. The van der Waals surface area contributed by atoms with E-state index in [0.29, 0.717) is 23.7 Å². The molecule has 1 aromatic heterocycles. The van der Waals surface area contributed by atoms with Crippen molar-refractivity contribution >= 4 is 22.8 Å². The van der Waals surface area contributed by atoms with Gasteiger partial charge >= 0.3 is 0 Å². The van der Waals surface area contributed by atoms with E-state index in [1.54, 1.807) is 0 Å². The van der Waals surface area contributed by atoms with E-state index in [1.165, 1.54) is 22.3 Å². The molecule has 0 spiro atoms. The number of pyridine rings is 1. The van der Waals surface area contributed by atoms with E-state index in [4.69, 9.17) is 25.8 Å². The van der Waals surface area contributed by atoms with Gasteiger partial charge in [-0.05, 0) is 70.9 Å². The molecule has 0 saturated heterocycles. The van der Waals surface area contributed by atoms with Crippen LogP contribution in [0.5, 0.6) is 0 Å². The van der Waals surface area contributed by atoms with Gasteiger partial charge in [0.2, 0.25) is 0 Å². The molecule has 41 heavy (non-hydrogen) atoms. The molecule has 0 aliphatic rings. The van der Waals surface area contributed by atoms with Gasteiger partial charge in [0.1, 0.15) is 0 Å². The van der Waals surface area contributed by atoms with Crippen LogP contribution in [0.3, 0.4) is 0 Å². The molecule has 220 valence electrons. The van der Waals surface area contributed by atoms with Gasteiger partial charge in [-0.3, -0.25) is 9.98 Å². The van der Waals surface area contributed by atoms with E-state index >= 15 is 0 Å². The number of aliphatic imine (C=N–C) groups is 2. The summed E-state index contributed by atoms with van der Waals surface area (Å²) in [4.78, 5) is 15.7. The summed E-state index contributed by atoms with van der Waals surface area (Å²) in [6, 6.07) is 19.5. The van der Waals surface area contributed by atoms with Gasteiger partial charge < -0.3 is 0 Å². The Hall–Kier alpha value is -3.13. The number of aromatic nitrogens is 1. The van der Waals surface area contributed by atoms with Crippen LogP contribution in [0, 0.1) is 10.8 Å². The van der Waals surface area contributed by atoms with E-state index in [1.807, 2.05) is 0 Å². The first kappa shape index (κ1) is 35.9. The van der Waals surface area contributed by atoms with Crippen LogP contribution in [0.25, 0.3) is 0 Å². The van der Waals surface area contributed by atoms with Crippen molar-refractivity contribution in [3.63, 3.8) is 0 Å². The Morgan fingerprint density at radius 1 is 0.561 bits per heavy atom. The predicted molar refractivity (Wildman–Crippen MR) is 170 cm³/mol. The van der Waals surface area contributed by atoms with Crippen LogP contribution in [0.4, 0.5) is 11.4 Å². The molecule has 2 aromatic carbocycles. The SMILES string of the molecule is CCC(=Nc1c(C(C)C)cccc1C(C)C)c1cccc(C(CC)=Nc2c(C(C)C)cccc2C(C)C)n1.N#N.[Fe]. The summed E-state index contributed by atoms with van der Waals surface area (Å²) in [6.45, 7) is 22.3. The molecule has 0 atom stereocenters. The fourth-order valence-corrected chi connectivity index (χ4v) is 4.94. The zero-order chi connectivity index (χ0) is 30.0. The van der Waals surface area contributed by atoms with Crippen molar-refractivity contribution in [3.05, 3.63) is 88.2 Å². The van der Waals surface area contributed by atoms with Crippen molar-refractivity contribution in [2.75, 3.05) is 0 Å². The first-order valence-electron chi connectivity index (χ1n) is 14.7. The van der Waals surface area contributed by atoms with Crippen LogP contribution < -0.4 is 0 Å². The Morgan fingerprint density at radius 3 is 1.07 bits per heavy atom. The first-order valence-corrected chi connectivity index (χ1v) is 14.7. The molecule has 0 aliphatic carbocycles. The Kier molecular flexibility index (Phi) is 14.9. The van der Waals surface area contributed by atoms with E-state index < -0.39 is 0 Å². The van der Waals surface area contributed by atoms with Crippen molar-refractivity contribution in [2.24, 2.45) is 9.98 Å². The fourth-order valence-electron chi connectivity index (χ4n) is 4.94. The number of rotatable bonds is 10. The van der Waals surface area contributed by atoms with Gasteiger partial charge in [0.15, 0.2) is 0 Å². The number of hydrogen-bond acceptors (Lipinski definition) is 5. The third-order valence-corrected chi connectivity index (χ3v) is 7.19. The minimum Gasteiger partial charge on any atom is -0.251 e. The van der Waals surface area contributed by atoms with E-state index in [2.05, 4.69) is 124 Å². The minimum absolute atomic E-state index is 0. The summed E-state index contributed by atoms with van der Waals surface area (Å²) < 4.78 is 0. The number of para-hydroxylation sites is 2. The van der Waals surface area contributed by atoms with Crippen LogP contribution in [-0.2, 0) is 17.1 Å². The normalized spacial score (nSPS) is 12.0. The van der Waals surface area contributed by atoms with Crippen LogP contribution in [0.15, 0.2) is 64.6 Å². The summed E-state index contributed by atoms with van der Waals surface area (Å²) in [5.41, 5.74) is 11.3. The van der Waals surface area contributed by atoms with Gasteiger partial charge in [0.25, 0.3) is 0 Å². The molecule has 3 aromatic rings. The number of benzene rings is 2. The Bertz CT molecular complexity index is 1200. The summed E-state index contributed by atoms with van der Waals surface area (Å²) in [7, 11) is 0. The van der Waals surface area contributed by atoms with Crippen LogP contribution in [0.1, 0.15) is 139 Å². The van der Waals surface area contributed by atoms with Crippen molar-refractivity contribution in [1.82, 2.24) is 4.98 Å². The molecule has 0 fully saturated rings. The zero-order valence-corrected chi connectivity index (χ0v) is 27.6. The number of nitrogens with zero attached hydrogens (tertiary/aromatic N) is 5. The molecule has 0 bridgehead atoms. The topological polar surface area (TPSA) is 85.2 Å². The maximum Gasteiger partial charge on any atom is 0.0852 e. The van der Waals surface area contributed by atoms with E-state index in [0.717, 1.165) is 47.0 Å². The van der Waals surface area contributed by atoms with Crippen LogP contribution in [0.2, 0.25) is 0 Å². The summed E-state index contributed by atoms with van der Waals surface area (Å²) in [5.74, 6) is 1.61. The number of hydrogen-bond donors (Lipinski definition) is 0. The molecule has 5 nitrogen and oxygen atoms in total. The van der Waals surface area contributed by atoms with Crippen LogP contribution >= 0.6 is 0 Å². The second-order valence-electron chi connectivity index (χ2n) is 11.4. The minimum atomic E-state index is 0. The molecule has 0 unspecified atom stereocenters. The molecular weight excluding hydrogens is 546 g/mol. The van der Waals surface area contributed by atoms with E-state index in [9.17, 15) is 0 Å². The van der Waals surface area contributed by atoms with Crippen molar-refractivity contribution in [1.29, 1.82) is 10.8 Å². The fraction of sp³-hybridized carbons (Fsp3) is 0.457. The summed E-state index contributed by atoms with van der Waals surface area (Å²) in [6.07, 6.45) is 1.62. The molecule has 6 heteroatoms. The molecule has 0 amide bonds. The first-order chi connectivity index (χ1) is 19.1. The second-order valence-corrected chi connectivity index (χ2v) is 11.4. The molecule has 1 heterocycles. The zero-order valence-electron chi connectivity index (χ0n) is 26.5. The van der Waals surface area contributed by atoms with Gasteiger partial charge in [0.05, 0.1) is 34.2 Å². The van der Waals surface area contributed by atoms with E-state index in [-0.39, 0.29) is 17.1 Å². The second kappa shape index (κ2) is 17.0. The van der Waals surface area contributed by atoms with Gasteiger partial charge in [-0.25, -0.2) is 4.98 Å². The summed E-state index contributed by atoms with van der Waals surface area (Å²) in [5, 5.41) is 12.0. The average Bonchev–Trinajstić information content (AvgIpc) is 2.95. The van der Waals surface area contributed by atoms with Crippen molar-refractivity contribution in [3.8, 4) is 0 Å². The molecule has 0 aliphatic heterocycles. The molecule has 3 rings (SSSR count). The standard InChI is InChI=1S/C35H47N3.Fe.N2/c1-11-30(37-34-26(22(3)4)16-13-17-27(34)23(5)6)32-20-15-21-33(36-32)31(12-2)38-35-28(24(7)8)18-14-19-29(35)25(9)10;;1-2/h13-25H,11-12H2,1-10H3;;. The van der Waals surface area contributed by atoms with Crippen molar-refractivity contribution < 1.29 is 17.1 Å². The largest absolute Gasteiger partial charge is 0.251 e. The van der Waals surface area contributed by atoms with Crippen LogP contribution in [-0.4, -0.2) is 16.4 Å². The third kappa shape index (κ3) is 8.93. The molecule has 0 radical (unpaired) electrons. The third-order valence-electron chi connectivity index (χ3n) is 7.19. The smallest absolute Gasteiger partial charge is 0.0852 e. The maximum atomic E-state index is 6.00. The summed E-state index contributed by atoms with van der Waals surface area (Å²) >= 11 is 0. The monoisotopic (exact) mass is 593 g/mol. The Labute approximate surface area is 258 Å². The Balaban J connectivity index is 0.00000274. The van der Waals surface area contributed by atoms with Gasteiger partial charge in [-0.1, -0.05) is 112 Å². The van der Waals surface area contributed by atoms with Crippen molar-refractivity contribution in [2.45, 2.75) is 106 Å². The van der Waals surface area contributed by atoms with Gasteiger partial charge in [-0.2, -0.15) is 0 Å². The van der Waals surface area contributed by atoms with Gasteiger partial charge in [-0.15, -0.1) is 0 Å². The Morgan fingerprint density at radius 2 is 0.829 bits per heavy atom. The molecular formula is C35H47FeN5. The van der Waals surface area contributed by atoms with Gasteiger partial charge in [0, 0.05) is 27.9 Å². The quantitative estimate of drug-likeness (QED) is 0.133.